The Kier molecular flexibility index (Phi) is 2.61. The van der Waals surface area contributed by atoms with Gasteiger partial charge in [0.05, 0.1) is 0 Å². The molecule has 0 aromatic heterocycles. The molecule has 2 heterocycles. The van der Waals surface area contributed by atoms with E-state index in [1.54, 1.807) is 0 Å². The van der Waals surface area contributed by atoms with Gasteiger partial charge in [0.2, 0.25) is 0 Å². The molecule has 1 N–H and O–H groups in total. The first kappa shape index (κ1) is 9.47. The fourth-order valence-corrected chi connectivity index (χ4v) is 2.68. The van der Waals surface area contributed by atoms with Crippen molar-refractivity contribution in [2.45, 2.75) is 38.6 Å². The van der Waals surface area contributed by atoms with Gasteiger partial charge in [-0.2, -0.15) is 0 Å². The van der Waals surface area contributed by atoms with E-state index < -0.39 is 0 Å². The Hall–Kier alpha value is -0.0800. The van der Waals surface area contributed by atoms with Gasteiger partial charge in [0.15, 0.2) is 0 Å². The van der Waals surface area contributed by atoms with Gasteiger partial charge in [0.1, 0.15) is 0 Å². The van der Waals surface area contributed by atoms with E-state index in [1.165, 1.54) is 25.8 Å². The van der Waals surface area contributed by atoms with Crippen molar-refractivity contribution in [2.24, 2.45) is 11.8 Å². The molecule has 0 aromatic rings. The summed E-state index contributed by atoms with van der Waals surface area (Å²) in [6.07, 6.45) is 3.96. The molecule has 13 heavy (non-hydrogen) atoms. The molecular weight excluding hydrogens is 162 g/mol. The van der Waals surface area contributed by atoms with Crippen molar-refractivity contribution in [2.75, 3.05) is 19.8 Å². The second kappa shape index (κ2) is 3.58. The van der Waals surface area contributed by atoms with Gasteiger partial charge in [0.25, 0.3) is 0 Å². The molecule has 2 nitrogen and oxygen atoms in total. The van der Waals surface area contributed by atoms with Gasteiger partial charge in [-0.1, -0.05) is 0 Å². The zero-order valence-electron chi connectivity index (χ0n) is 8.81. The summed E-state index contributed by atoms with van der Waals surface area (Å²) in [6.45, 7) is 7.79. The number of rotatable bonds is 1. The van der Waals surface area contributed by atoms with Crippen molar-refractivity contribution < 1.29 is 4.74 Å². The Morgan fingerprint density at radius 3 is 2.69 bits per heavy atom. The molecule has 2 saturated heterocycles. The number of nitrogens with one attached hydrogen (secondary N) is 1. The topological polar surface area (TPSA) is 21.3 Å². The highest BCUT2D eigenvalue weighted by molar-refractivity contribution is 4.92. The van der Waals surface area contributed by atoms with Crippen LogP contribution in [0.15, 0.2) is 0 Å². The van der Waals surface area contributed by atoms with Crippen molar-refractivity contribution in [3.05, 3.63) is 0 Å². The SMILES string of the molecule is CC1(C)CC(C2CCCOC2)CN1. The fraction of sp³-hybridized carbons (Fsp3) is 1.00. The third-order valence-corrected chi connectivity index (χ3v) is 3.48. The van der Waals surface area contributed by atoms with Crippen LogP contribution in [0.1, 0.15) is 33.1 Å². The Labute approximate surface area is 81.0 Å². The third kappa shape index (κ3) is 2.23. The summed E-state index contributed by atoms with van der Waals surface area (Å²) in [6, 6.07) is 0. The molecule has 0 saturated carbocycles. The standard InChI is InChI=1S/C11H21NO/c1-11(2)6-10(7-12-11)9-4-3-5-13-8-9/h9-10,12H,3-8H2,1-2H3. The van der Waals surface area contributed by atoms with Crippen LogP contribution in [0.25, 0.3) is 0 Å². The zero-order chi connectivity index (χ0) is 9.31. The molecule has 2 fully saturated rings. The maximum atomic E-state index is 5.53. The largest absolute Gasteiger partial charge is 0.381 e. The predicted molar refractivity (Wildman–Crippen MR) is 53.7 cm³/mol. The normalized spacial score (nSPS) is 39.2. The minimum atomic E-state index is 0.363. The van der Waals surface area contributed by atoms with Gasteiger partial charge < -0.3 is 10.1 Å². The van der Waals surface area contributed by atoms with Gasteiger partial charge >= 0.3 is 0 Å². The summed E-state index contributed by atoms with van der Waals surface area (Å²) < 4.78 is 5.53. The lowest BCUT2D eigenvalue weighted by Crippen LogP contribution is -2.31. The van der Waals surface area contributed by atoms with E-state index in [1.807, 2.05) is 0 Å². The Balaban J connectivity index is 1.87. The van der Waals surface area contributed by atoms with Gasteiger partial charge in [0, 0.05) is 18.8 Å². The van der Waals surface area contributed by atoms with Crippen molar-refractivity contribution in [3.8, 4) is 0 Å². The van der Waals surface area contributed by atoms with E-state index in [2.05, 4.69) is 19.2 Å². The van der Waals surface area contributed by atoms with E-state index in [0.717, 1.165) is 25.0 Å². The minimum absolute atomic E-state index is 0.363. The maximum Gasteiger partial charge on any atom is 0.0497 e. The first-order valence-corrected chi connectivity index (χ1v) is 5.50. The first-order chi connectivity index (χ1) is 6.17. The van der Waals surface area contributed by atoms with Crippen LogP contribution < -0.4 is 5.32 Å². The summed E-state index contributed by atoms with van der Waals surface area (Å²) in [7, 11) is 0. The van der Waals surface area contributed by atoms with E-state index in [9.17, 15) is 0 Å². The summed E-state index contributed by atoms with van der Waals surface area (Å²) in [5, 5.41) is 3.59. The van der Waals surface area contributed by atoms with Crippen molar-refractivity contribution in [3.63, 3.8) is 0 Å². The molecule has 0 spiro atoms. The molecule has 2 aliphatic rings. The summed E-state index contributed by atoms with van der Waals surface area (Å²) in [4.78, 5) is 0. The molecule has 2 aliphatic heterocycles. The van der Waals surface area contributed by atoms with E-state index in [4.69, 9.17) is 4.74 Å². The summed E-state index contributed by atoms with van der Waals surface area (Å²) >= 11 is 0. The monoisotopic (exact) mass is 183 g/mol. The smallest absolute Gasteiger partial charge is 0.0497 e. The van der Waals surface area contributed by atoms with Crippen LogP contribution in [-0.4, -0.2) is 25.3 Å². The Morgan fingerprint density at radius 2 is 2.15 bits per heavy atom. The van der Waals surface area contributed by atoms with Crippen LogP contribution in [0.3, 0.4) is 0 Å². The Morgan fingerprint density at radius 1 is 1.31 bits per heavy atom. The highest BCUT2D eigenvalue weighted by Crippen LogP contribution is 2.32. The predicted octanol–water partition coefficient (Wildman–Crippen LogP) is 1.80. The molecule has 0 radical (unpaired) electrons. The average Bonchev–Trinajstić information content (AvgIpc) is 2.48. The second-order valence-electron chi connectivity index (χ2n) is 5.21. The lowest BCUT2D eigenvalue weighted by molar-refractivity contribution is 0.0332. The van der Waals surface area contributed by atoms with Gasteiger partial charge in [-0.3, -0.25) is 0 Å². The van der Waals surface area contributed by atoms with E-state index in [-0.39, 0.29) is 0 Å². The zero-order valence-corrected chi connectivity index (χ0v) is 8.81. The lowest BCUT2D eigenvalue weighted by Gasteiger charge is -2.27. The molecule has 76 valence electrons. The van der Waals surface area contributed by atoms with Crippen LogP contribution in [0.2, 0.25) is 0 Å². The van der Waals surface area contributed by atoms with Gasteiger partial charge in [-0.25, -0.2) is 0 Å². The maximum absolute atomic E-state index is 5.53. The van der Waals surface area contributed by atoms with E-state index in [0.29, 0.717) is 5.54 Å². The van der Waals surface area contributed by atoms with Crippen molar-refractivity contribution in [1.29, 1.82) is 0 Å². The van der Waals surface area contributed by atoms with Crippen molar-refractivity contribution >= 4 is 0 Å². The first-order valence-electron chi connectivity index (χ1n) is 5.50. The van der Waals surface area contributed by atoms with Crippen LogP contribution in [0.5, 0.6) is 0 Å². The highest BCUT2D eigenvalue weighted by atomic mass is 16.5. The molecule has 0 bridgehead atoms. The van der Waals surface area contributed by atoms with Crippen LogP contribution in [0.4, 0.5) is 0 Å². The second-order valence-corrected chi connectivity index (χ2v) is 5.21. The average molecular weight is 183 g/mol. The van der Waals surface area contributed by atoms with Crippen molar-refractivity contribution in [1.82, 2.24) is 5.32 Å². The lowest BCUT2D eigenvalue weighted by atomic mass is 9.84. The molecule has 0 amide bonds. The quantitative estimate of drug-likeness (QED) is 0.669. The molecular formula is C11H21NO. The van der Waals surface area contributed by atoms with Crippen LogP contribution in [0, 0.1) is 11.8 Å². The summed E-state index contributed by atoms with van der Waals surface area (Å²) in [5.74, 6) is 1.68. The molecule has 2 unspecified atom stereocenters. The summed E-state index contributed by atoms with van der Waals surface area (Å²) in [5.41, 5.74) is 0.363. The third-order valence-electron chi connectivity index (χ3n) is 3.48. The molecule has 2 heteroatoms. The van der Waals surface area contributed by atoms with Gasteiger partial charge in [-0.15, -0.1) is 0 Å². The van der Waals surface area contributed by atoms with E-state index >= 15 is 0 Å². The number of hydrogen-bond acceptors (Lipinski definition) is 2. The Bertz CT molecular complexity index is 173. The molecule has 2 atom stereocenters. The van der Waals surface area contributed by atoms with Crippen LogP contribution in [-0.2, 0) is 4.74 Å². The molecule has 2 rings (SSSR count). The molecule has 0 aliphatic carbocycles. The van der Waals surface area contributed by atoms with Gasteiger partial charge in [-0.05, 0) is 51.5 Å². The molecule has 0 aromatic carbocycles. The fourth-order valence-electron chi connectivity index (χ4n) is 2.68. The highest BCUT2D eigenvalue weighted by Gasteiger charge is 2.35. The number of hydrogen-bond donors (Lipinski definition) is 1. The van der Waals surface area contributed by atoms with Crippen LogP contribution >= 0.6 is 0 Å². The number of ether oxygens (including phenoxy) is 1. The minimum Gasteiger partial charge on any atom is -0.381 e.